The van der Waals surface area contributed by atoms with Gasteiger partial charge in [0.1, 0.15) is 6.33 Å². The number of hydrogen-bond acceptors (Lipinski definition) is 8. The van der Waals surface area contributed by atoms with Gasteiger partial charge in [0.25, 0.3) is 5.91 Å². The van der Waals surface area contributed by atoms with E-state index in [2.05, 4.69) is 26.3 Å². The highest BCUT2D eigenvalue weighted by atomic mass is 16.1. The Morgan fingerprint density at radius 2 is 1.94 bits per heavy atom. The van der Waals surface area contributed by atoms with Crippen LogP contribution in [0.15, 0.2) is 55.2 Å². The molecule has 0 atom stereocenters. The van der Waals surface area contributed by atoms with Crippen molar-refractivity contribution in [3.05, 3.63) is 77.6 Å². The van der Waals surface area contributed by atoms with Crippen molar-refractivity contribution in [1.29, 1.82) is 10.7 Å². The maximum atomic E-state index is 12.8. The average Bonchev–Trinajstić information content (AvgIpc) is 2.80. The predicted molar refractivity (Wildman–Crippen MR) is 122 cm³/mol. The number of benzene rings is 1. The topological polar surface area (TPSA) is 145 Å². The van der Waals surface area contributed by atoms with Crippen LogP contribution in [0.1, 0.15) is 41.0 Å². The van der Waals surface area contributed by atoms with E-state index in [1.807, 2.05) is 6.07 Å². The maximum absolute atomic E-state index is 12.8. The fourth-order valence-electron chi connectivity index (χ4n) is 3.00. The lowest BCUT2D eigenvalue weighted by molar-refractivity contribution is 0.102. The lowest BCUT2D eigenvalue weighted by atomic mass is 9.85. The first-order valence-corrected chi connectivity index (χ1v) is 9.86. The van der Waals surface area contributed by atoms with Crippen molar-refractivity contribution >= 4 is 23.0 Å². The number of nitriles is 1. The standard InChI is InChI=1S/C23H24N8O/c1-15-21(31(26)12-20(25)17-9-27-14-28-10-17)8-19(11-29-15)30-22(32)16-5-4-6-18(7-16)23(2,3)13-24/h4-11,14,25H,12,26H2,1-3H3,(H,30,32). The molecule has 4 N–H and O–H groups in total. The number of amides is 1. The van der Waals surface area contributed by atoms with Crippen LogP contribution in [-0.2, 0) is 5.41 Å². The number of carbonyl (C=O) groups is 1. The Labute approximate surface area is 186 Å². The van der Waals surface area contributed by atoms with Crippen molar-refractivity contribution < 1.29 is 4.79 Å². The van der Waals surface area contributed by atoms with Crippen molar-refractivity contribution in [3.63, 3.8) is 0 Å². The lowest BCUT2D eigenvalue weighted by Crippen LogP contribution is -2.37. The summed E-state index contributed by atoms with van der Waals surface area (Å²) in [5.41, 5.74) is 2.99. The molecule has 0 saturated heterocycles. The van der Waals surface area contributed by atoms with Gasteiger partial charge in [0.05, 0.1) is 47.0 Å². The molecular weight excluding hydrogens is 404 g/mol. The third-order valence-electron chi connectivity index (χ3n) is 4.99. The number of nitrogens with one attached hydrogen (secondary N) is 2. The minimum absolute atomic E-state index is 0.110. The second-order valence-electron chi connectivity index (χ2n) is 7.83. The molecule has 0 saturated carbocycles. The van der Waals surface area contributed by atoms with Crippen LogP contribution in [0.4, 0.5) is 11.4 Å². The molecule has 1 aromatic carbocycles. The summed E-state index contributed by atoms with van der Waals surface area (Å²) in [4.78, 5) is 25.0. The van der Waals surface area contributed by atoms with Crippen molar-refractivity contribution in [1.82, 2.24) is 15.0 Å². The quantitative estimate of drug-likeness (QED) is 0.298. The van der Waals surface area contributed by atoms with Crippen LogP contribution < -0.4 is 16.2 Å². The number of anilines is 2. The zero-order valence-electron chi connectivity index (χ0n) is 18.1. The van der Waals surface area contributed by atoms with E-state index in [-0.39, 0.29) is 18.2 Å². The molecule has 3 rings (SSSR count). The Morgan fingerprint density at radius 3 is 2.62 bits per heavy atom. The Kier molecular flexibility index (Phi) is 6.56. The molecule has 9 nitrogen and oxygen atoms in total. The summed E-state index contributed by atoms with van der Waals surface area (Å²) < 4.78 is 0. The highest BCUT2D eigenvalue weighted by Gasteiger charge is 2.21. The molecule has 0 aliphatic rings. The molecule has 0 bridgehead atoms. The number of aryl methyl sites for hydroxylation is 1. The normalized spacial score (nSPS) is 10.8. The van der Waals surface area contributed by atoms with Crippen molar-refractivity contribution in [2.75, 3.05) is 16.9 Å². The fraction of sp³-hybridized carbons (Fsp3) is 0.217. The van der Waals surface area contributed by atoms with E-state index in [1.54, 1.807) is 63.6 Å². The lowest BCUT2D eigenvalue weighted by Gasteiger charge is -2.21. The summed E-state index contributed by atoms with van der Waals surface area (Å²) in [5, 5.41) is 21.8. The van der Waals surface area contributed by atoms with Gasteiger partial charge >= 0.3 is 0 Å². The molecule has 0 unspecified atom stereocenters. The molecule has 3 aromatic rings. The van der Waals surface area contributed by atoms with Gasteiger partial charge in [-0.15, -0.1) is 0 Å². The van der Waals surface area contributed by atoms with Gasteiger partial charge in [-0.3, -0.25) is 9.78 Å². The van der Waals surface area contributed by atoms with Gasteiger partial charge < -0.3 is 15.7 Å². The number of hydrazine groups is 1. The van der Waals surface area contributed by atoms with Gasteiger partial charge in [0.2, 0.25) is 0 Å². The van der Waals surface area contributed by atoms with E-state index < -0.39 is 5.41 Å². The van der Waals surface area contributed by atoms with Crippen molar-refractivity contribution in [2.24, 2.45) is 5.84 Å². The van der Waals surface area contributed by atoms with Gasteiger partial charge in [0, 0.05) is 23.5 Å². The molecule has 0 spiro atoms. The Bertz CT molecular complexity index is 1180. The molecule has 9 heteroatoms. The third-order valence-corrected chi connectivity index (χ3v) is 4.99. The van der Waals surface area contributed by atoms with Gasteiger partial charge in [-0.25, -0.2) is 15.8 Å². The molecular formula is C23H24N8O. The summed E-state index contributed by atoms with van der Waals surface area (Å²) in [6.45, 7) is 5.51. The largest absolute Gasteiger partial charge is 0.321 e. The smallest absolute Gasteiger partial charge is 0.255 e. The van der Waals surface area contributed by atoms with Crippen LogP contribution in [0.3, 0.4) is 0 Å². The molecule has 2 aromatic heterocycles. The third kappa shape index (κ3) is 5.11. The van der Waals surface area contributed by atoms with E-state index in [0.717, 1.165) is 5.56 Å². The Hall–Kier alpha value is -4.16. The number of hydrogen-bond donors (Lipinski definition) is 3. The fourth-order valence-corrected chi connectivity index (χ4v) is 3.00. The van der Waals surface area contributed by atoms with Gasteiger partial charge in [-0.2, -0.15) is 5.26 Å². The summed E-state index contributed by atoms with van der Waals surface area (Å²) >= 11 is 0. The number of carbonyl (C=O) groups excluding carboxylic acids is 1. The van der Waals surface area contributed by atoms with Gasteiger partial charge in [0.15, 0.2) is 0 Å². The monoisotopic (exact) mass is 428 g/mol. The zero-order valence-corrected chi connectivity index (χ0v) is 18.1. The van der Waals surface area contributed by atoms with E-state index >= 15 is 0 Å². The van der Waals surface area contributed by atoms with E-state index in [1.165, 1.54) is 11.3 Å². The van der Waals surface area contributed by atoms with E-state index in [9.17, 15) is 10.1 Å². The first-order valence-electron chi connectivity index (χ1n) is 9.86. The molecule has 32 heavy (non-hydrogen) atoms. The Balaban J connectivity index is 1.77. The molecule has 0 fully saturated rings. The number of nitrogens with two attached hydrogens (primary N) is 1. The molecule has 0 radical (unpaired) electrons. The second kappa shape index (κ2) is 9.32. The minimum atomic E-state index is -0.705. The van der Waals surface area contributed by atoms with E-state index in [0.29, 0.717) is 28.2 Å². The highest BCUT2D eigenvalue weighted by Crippen LogP contribution is 2.24. The number of nitrogens with zero attached hydrogens (tertiary/aromatic N) is 5. The van der Waals surface area contributed by atoms with Crippen LogP contribution in [0, 0.1) is 23.7 Å². The van der Waals surface area contributed by atoms with Crippen LogP contribution in [0.25, 0.3) is 0 Å². The predicted octanol–water partition coefficient (Wildman–Crippen LogP) is 2.98. The molecule has 0 aliphatic heterocycles. The minimum Gasteiger partial charge on any atom is -0.321 e. The first kappa shape index (κ1) is 22.5. The van der Waals surface area contributed by atoms with Crippen LogP contribution in [0.5, 0.6) is 0 Å². The first-order chi connectivity index (χ1) is 15.2. The van der Waals surface area contributed by atoms with Crippen LogP contribution in [-0.4, -0.2) is 33.1 Å². The second-order valence-corrected chi connectivity index (χ2v) is 7.83. The Morgan fingerprint density at radius 1 is 1.22 bits per heavy atom. The molecule has 2 heterocycles. The zero-order chi connectivity index (χ0) is 23.3. The highest BCUT2D eigenvalue weighted by molar-refractivity contribution is 6.04. The number of aromatic nitrogens is 3. The summed E-state index contributed by atoms with van der Waals surface area (Å²) in [5.74, 6) is 5.87. The average molecular weight is 429 g/mol. The summed E-state index contributed by atoms with van der Waals surface area (Å²) in [7, 11) is 0. The van der Waals surface area contributed by atoms with Gasteiger partial charge in [-0.05, 0) is 44.5 Å². The van der Waals surface area contributed by atoms with Crippen LogP contribution >= 0.6 is 0 Å². The molecule has 0 aliphatic carbocycles. The van der Waals surface area contributed by atoms with Gasteiger partial charge in [-0.1, -0.05) is 12.1 Å². The maximum Gasteiger partial charge on any atom is 0.255 e. The molecule has 1 amide bonds. The molecule has 162 valence electrons. The number of pyridine rings is 1. The van der Waals surface area contributed by atoms with Crippen LogP contribution in [0.2, 0.25) is 0 Å². The SMILES string of the molecule is Cc1ncc(NC(=O)c2cccc(C(C)(C)C#N)c2)cc1N(N)CC(=N)c1cncnc1. The summed E-state index contributed by atoms with van der Waals surface area (Å²) in [6.07, 6.45) is 6.04. The van der Waals surface area contributed by atoms with Crippen molar-refractivity contribution in [3.8, 4) is 6.07 Å². The van der Waals surface area contributed by atoms with E-state index in [4.69, 9.17) is 11.3 Å². The summed E-state index contributed by atoms with van der Waals surface area (Å²) in [6, 6.07) is 10.9. The van der Waals surface area contributed by atoms with Crippen molar-refractivity contribution in [2.45, 2.75) is 26.2 Å². The number of rotatable bonds is 7.